The van der Waals surface area contributed by atoms with Gasteiger partial charge in [-0.15, -0.1) is 0 Å². The van der Waals surface area contributed by atoms with Crippen LogP contribution >= 0.6 is 12.2 Å². The maximum absolute atomic E-state index is 13.6. The summed E-state index contributed by atoms with van der Waals surface area (Å²) in [4.78, 5) is 0. The van der Waals surface area contributed by atoms with Crippen molar-refractivity contribution in [1.29, 1.82) is 0 Å². The van der Waals surface area contributed by atoms with Crippen molar-refractivity contribution in [3.8, 4) is 5.75 Å². The molecule has 0 aliphatic rings. The molecule has 3 aromatic rings. The fourth-order valence-electron chi connectivity index (χ4n) is 2.06. The highest BCUT2D eigenvalue weighted by atomic mass is 32.1. The Kier molecular flexibility index (Phi) is 4.68. The smallest absolute Gasteiger partial charge is 0.214 e. The molecule has 1 aromatic heterocycles. The van der Waals surface area contributed by atoms with E-state index >= 15 is 0 Å². The molecule has 0 aliphatic heterocycles. The van der Waals surface area contributed by atoms with Crippen LogP contribution in [0, 0.1) is 10.6 Å². The predicted molar refractivity (Wildman–Crippen MR) is 87.7 cm³/mol. The summed E-state index contributed by atoms with van der Waals surface area (Å²) in [6.07, 6.45) is 1.57. The quantitative estimate of drug-likeness (QED) is 0.680. The van der Waals surface area contributed by atoms with Gasteiger partial charge in [0.1, 0.15) is 24.5 Å². The number of nitrogens with one attached hydrogen (secondary N) is 2. The summed E-state index contributed by atoms with van der Waals surface area (Å²) in [5, 5.41) is 6.50. The zero-order chi connectivity index (χ0) is 16.1. The predicted octanol–water partition coefficient (Wildman–Crippen LogP) is 3.40. The minimum Gasteiger partial charge on any atom is -0.489 e. The van der Waals surface area contributed by atoms with Crippen LogP contribution in [-0.4, -0.2) is 14.9 Å². The Bertz CT molecular complexity index is 846. The first-order valence-corrected chi connectivity index (χ1v) is 7.44. The van der Waals surface area contributed by atoms with Gasteiger partial charge in [-0.1, -0.05) is 30.3 Å². The van der Waals surface area contributed by atoms with Gasteiger partial charge in [0.15, 0.2) is 0 Å². The summed E-state index contributed by atoms with van der Waals surface area (Å²) in [6, 6.07) is 14.2. The number of ether oxygens (including phenoxy) is 1. The molecule has 0 radical (unpaired) electrons. The fourth-order valence-corrected chi connectivity index (χ4v) is 2.22. The van der Waals surface area contributed by atoms with Gasteiger partial charge in [-0.05, 0) is 36.0 Å². The zero-order valence-electron chi connectivity index (χ0n) is 12.2. The second-order valence-corrected chi connectivity index (χ2v) is 5.28. The zero-order valence-corrected chi connectivity index (χ0v) is 13.0. The lowest BCUT2D eigenvalue weighted by molar-refractivity contribution is 0.299. The highest BCUT2D eigenvalue weighted by molar-refractivity contribution is 7.71. The first-order valence-electron chi connectivity index (χ1n) is 7.03. The third-order valence-electron chi connectivity index (χ3n) is 3.26. The van der Waals surface area contributed by atoms with Crippen LogP contribution in [0.25, 0.3) is 0 Å². The van der Waals surface area contributed by atoms with E-state index in [1.165, 1.54) is 6.07 Å². The highest BCUT2D eigenvalue weighted by Crippen LogP contribution is 2.16. The molecule has 0 saturated heterocycles. The first kappa shape index (κ1) is 15.2. The van der Waals surface area contributed by atoms with Crippen molar-refractivity contribution < 1.29 is 9.13 Å². The molecule has 118 valence electrons. The number of H-pyrrole nitrogens is 1. The summed E-state index contributed by atoms with van der Waals surface area (Å²) >= 11 is 5.06. The van der Waals surface area contributed by atoms with E-state index in [0.29, 0.717) is 22.6 Å². The molecule has 0 bridgehead atoms. The van der Waals surface area contributed by atoms with Crippen LogP contribution in [0.4, 0.5) is 4.39 Å². The van der Waals surface area contributed by atoms with Crippen molar-refractivity contribution >= 4 is 12.2 Å². The second-order valence-electron chi connectivity index (χ2n) is 4.89. The van der Waals surface area contributed by atoms with Crippen LogP contribution in [-0.2, 0) is 13.2 Å². The third-order valence-corrected chi connectivity index (χ3v) is 3.54. The van der Waals surface area contributed by atoms with E-state index in [4.69, 9.17) is 17.0 Å². The number of hydrogen-bond acceptors (Lipinski definition) is 4. The van der Waals surface area contributed by atoms with Gasteiger partial charge in [-0.25, -0.2) is 9.07 Å². The molecule has 3 rings (SSSR count). The summed E-state index contributed by atoms with van der Waals surface area (Å²) < 4.78 is 21.4. The maximum Gasteiger partial charge on any atom is 0.214 e. The lowest BCUT2D eigenvalue weighted by Gasteiger charge is -2.10. The monoisotopic (exact) mass is 330 g/mol. The van der Waals surface area contributed by atoms with Crippen LogP contribution in [0.2, 0.25) is 0 Å². The molecule has 5 nitrogen and oxygen atoms in total. The Hall–Kier alpha value is -2.67. The number of benzene rings is 2. The van der Waals surface area contributed by atoms with Crippen LogP contribution in [0.15, 0.2) is 54.9 Å². The van der Waals surface area contributed by atoms with Crippen molar-refractivity contribution in [2.75, 3.05) is 5.43 Å². The molecule has 2 N–H and O–H groups in total. The van der Waals surface area contributed by atoms with E-state index in [-0.39, 0.29) is 12.4 Å². The average molecular weight is 330 g/mol. The Labute approximate surface area is 137 Å². The molecule has 1 heterocycles. The van der Waals surface area contributed by atoms with Gasteiger partial charge in [0, 0.05) is 5.56 Å². The van der Waals surface area contributed by atoms with Crippen LogP contribution in [0.5, 0.6) is 5.75 Å². The molecule has 0 saturated carbocycles. The van der Waals surface area contributed by atoms with Gasteiger partial charge < -0.3 is 10.2 Å². The van der Waals surface area contributed by atoms with Gasteiger partial charge in [0.05, 0.1) is 6.54 Å². The van der Waals surface area contributed by atoms with E-state index in [1.807, 2.05) is 24.3 Å². The van der Waals surface area contributed by atoms with Crippen molar-refractivity contribution in [1.82, 2.24) is 14.9 Å². The van der Waals surface area contributed by atoms with Gasteiger partial charge in [0.2, 0.25) is 4.77 Å². The lowest BCUT2D eigenvalue weighted by Crippen LogP contribution is -2.13. The number of aromatic amines is 1. The SMILES string of the molecule is Fc1ccccc1COc1cccc(CNn2cn[nH]c2=S)c1. The van der Waals surface area contributed by atoms with Gasteiger partial charge in [-0.2, -0.15) is 5.10 Å². The minimum absolute atomic E-state index is 0.191. The van der Waals surface area contributed by atoms with Crippen molar-refractivity contribution in [2.45, 2.75) is 13.2 Å². The third kappa shape index (κ3) is 3.95. The number of hydrogen-bond donors (Lipinski definition) is 2. The Morgan fingerprint density at radius 3 is 2.87 bits per heavy atom. The Morgan fingerprint density at radius 2 is 2.09 bits per heavy atom. The van der Waals surface area contributed by atoms with E-state index in [1.54, 1.807) is 29.2 Å². The number of aromatic nitrogens is 3. The average Bonchev–Trinajstić information content (AvgIpc) is 2.98. The molecule has 0 unspecified atom stereocenters. The molecule has 23 heavy (non-hydrogen) atoms. The Morgan fingerprint density at radius 1 is 1.22 bits per heavy atom. The van der Waals surface area contributed by atoms with Crippen molar-refractivity contribution in [2.24, 2.45) is 0 Å². The molecule has 7 heteroatoms. The Balaban J connectivity index is 1.62. The van der Waals surface area contributed by atoms with Gasteiger partial charge in [0.25, 0.3) is 0 Å². The first-order chi connectivity index (χ1) is 11.2. The minimum atomic E-state index is -0.264. The molecule has 0 atom stereocenters. The van der Waals surface area contributed by atoms with Crippen LogP contribution < -0.4 is 10.2 Å². The molecular weight excluding hydrogens is 315 g/mol. The topological polar surface area (TPSA) is 54.9 Å². The molecule has 0 aliphatic carbocycles. The molecule has 0 amide bonds. The molecule has 2 aromatic carbocycles. The van der Waals surface area contributed by atoms with E-state index in [0.717, 1.165) is 5.56 Å². The van der Waals surface area contributed by atoms with Gasteiger partial charge in [-0.3, -0.25) is 5.10 Å². The highest BCUT2D eigenvalue weighted by Gasteiger charge is 2.03. The van der Waals surface area contributed by atoms with E-state index < -0.39 is 0 Å². The molecule has 0 fully saturated rings. The van der Waals surface area contributed by atoms with E-state index in [2.05, 4.69) is 15.6 Å². The summed E-state index contributed by atoms with van der Waals surface area (Å²) in [5.41, 5.74) is 4.66. The largest absolute Gasteiger partial charge is 0.489 e. The summed E-state index contributed by atoms with van der Waals surface area (Å²) in [5.74, 6) is 0.419. The van der Waals surface area contributed by atoms with Crippen molar-refractivity contribution in [3.05, 3.63) is 76.6 Å². The summed E-state index contributed by atoms with van der Waals surface area (Å²) in [6.45, 7) is 0.751. The lowest BCUT2D eigenvalue weighted by atomic mass is 10.2. The molecular formula is C16H15FN4OS. The molecule has 0 spiro atoms. The summed E-state index contributed by atoms with van der Waals surface area (Å²) in [7, 11) is 0. The van der Waals surface area contributed by atoms with Crippen molar-refractivity contribution in [3.63, 3.8) is 0 Å². The number of nitrogens with zero attached hydrogens (tertiary/aromatic N) is 2. The van der Waals surface area contributed by atoms with Crippen LogP contribution in [0.1, 0.15) is 11.1 Å². The second kappa shape index (κ2) is 7.06. The fraction of sp³-hybridized carbons (Fsp3) is 0.125. The van der Waals surface area contributed by atoms with E-state index in [9.17, 15) is 4.39 Å². The maximum atomic E-state index is 13.6. The van der Waals surface area contributed by atoms with Crippen LogP contribution in [0.3, 0.4) is 0 Å². The standard InChI is InChI=1S/C16H15FN4OS/c17-15-7-2-1-5-13(15)10-22-14-6-3-4-12(8-14)9-19-21-11-18-20-16(21)23/h1-8,11,19H,9-10H2,(H,20,23). The number of halogens is 1. The number of rotatable bonds is 6. The normalized spacial score (nSPS) is 10.5. The van der Waals surface area contributed by atoms with Gasteiger partial charge >= 0.3 is 0 Å².